The van der Waals surface area contributed by atoms with Crippen LogP contribution in [0.25, 0.3) is 11.3 Å². The van der Waals surface area contributed by atoms with E-state index in [4.69, 9.17) is 19.1 Å². The average molecular weight is 305 g/mol. The topological polar surface area (TPSA) is 81.8 Å². The van der Waals surface area contributed by atoms with Crippen molar-refractivity contribution in [3.8, 4) is 22.8 Å². The second-order valence-electron chi connectivity index (χ2n) is 4.53. The van der Waals surface area contributed by atoms with Gasteiger partial charge in [0.1, 0.15) is 5.69 Å². The van der Waals surface area contributed by atoms with Gasteiger partial charge in [0, 0.05) is 11.1 Å². The van der Waals surface area contributed by atoms with Gasteiger partial charge in [-0.25, -0.2) is 4.79 Å². The number of hydrogen-bond acceptors (Lipinski definition) is 5. The Morgan fingerprint density at radius 1 is 1.18 bits per heavy atom. The van der Waals surface area contributed by atoms with E-state index in [1.807, 2.05) is 26.8 Å². The Bertz CT molecular complexity index is 663. The minimum absolute atomic E-state index is 0.121. The van der Waals surface area contributed by atoms with Crippen molar-refractivity contribution in [3.63, 3.8) is 0 Å². The van der Waals surface area contributed by atoms with E-state index in [1.54, 1.807) is 12.1 Å². The Morgan fingerprint density at radius 2 is 1.86 bits per heavy atom. The zero-order valence-corrected chi connectivity index (χ0v) is 12.9. The van der Waals surface area contributed by atoms with Crippen LogP contribution in [-0.2, 0) is 6.42 Å². The summed E-state index contributed by atoms with van der Waals surface area (Å²) in [5.41, 5.74) is 1.82. The maximum atomic E-state index is 11.2. The van der Waals surface area contributed by atoms with E-state index in [1.165, 1.54) is 0 Å². The van der Waals surface area contributed by atoms with Crippen molar-refractivity contribution in [2.45, 2.75) is 27.2 Å². The summed E-state index contributed by atoms with van der Waals surface area (Å²) >= 11 is 0. The number of rotatable bonds is 7. The molecule has 0 spiro atoms. The van der Waals surface area contributed by atoms with Crippen LogP contribution in [-0.4, -0.2) is 29.4 Å². The molecule has 1 N–H and O–H groups in total. The fourth-order valence-corrected chi connectivity index (χ4v) is 2.23. The first-order valence-corrected chi connectivity index (χ1v) is 7.24. The third-order valence-corrected chi connectivity index (χ3v) is 3.15. The van der Waals surface area contributed by atoms with Crippen LogP contribution in [0.1, 0.15) is 36.9 Å². The second-order valence-corrected chi connectivity index (χ2v) is 4.53. The molecule has 1 heterocycles. The lowest BCUT2D eigenvalue weighted by Gasteiger charge is -2.12. The van der Waals surface area contributed by atoms with Gasteiger partial charge < -0.3 is 19.1 Å². The summed E-state index contributed by atoms with van der Waals surface area (Å²) in [5, 5.41) is 13.0. The first kappa shape index (κ1) is 15.9. The molecule has 0 atom stereocenters. The number of carbonyl (C=O) groups is 1. The Labute approximate surface area is 128 Å². The van der Waals surface area contributed by atoms with Crippen molar-refractivity contribution in [3.05, 3.63) is 29.5 Å². The molecule has 6 heteroatoms. The monoisotopic (exact) mass is 305 g/mol. The van der Waals surface area contributed by atoms with Crippen molar-refractivity contribution in [2.24, 2.45) is 0 Å². The van der Waals surface area contributed by atoms with E-state index in [-0.39, 0.29) is 5.76 Å². The first-order valence-electron chi connectivity index (χ1n) is 7.24. The molecule has 2 aromatic rings. The summed E-state index contributed by atoms with van der Waals surface area (Å²) in [4.78, 5) is 11.2. The van der Waals surface area contributed by atoms with E-state index >= 15 is 0 Å². The Morgan fingerprint density at radius 3 is 2.45 bits per heavy atom. The number of carboxylic acid groups (broad SMARTS) is 1. The molecule has 6 nitrogen and oxygen atoms in total. The van der Waals surface area contributed by atoms with Crippen molar-refractivity contribution < 1.29 is 23.9 Å². The molecule has 0 bridgehead atoms. The highest BCUT2D eigenvalue weighted by Crippen LogP contribution is 2.34. The Balaban J connectivity index is 2.49. The van der Waals surface area contributed by atoms with Gasteiger partial charge >= 0.3 is 5.97 Å². The molecule has 0 saturated carbocycles. The lowest BCUT2D eigenvalue weighted by atomic mass is 10.0. The molecule has 0 fully saturated rings. The molecular formula is C16H19NO5. The van der Waals surface area contributed by atoms with E-state index < -0.39 is 5.97 Å². The molecule has 1 aromatic heterocycles. The van der Waals surface area contributed by atoms with Crippen molar-refractivity contribution in [1.82, 2.24) is 5.16 Å². The first-order chi connectivity index (χ1) is 10.6. The number of aromatic carboxylic acids is 1. The molecule has 1 aromatic carbocycles. The molecule has 0 unspecified atom stereocenters. The van der Waals surface area contributed by atoms with Gasteiger partial charge in [-0.3, -0.25) is 0 Å². The molecular weight excluding hydrogens is 286 g/mol. The summed E-state index contributed by atoms with van der Waals surface area (Å²) in [6, 6.07) is 5.39. The standard InChI is InChI=1S/C16H19NO5/c1-4-11-14(17-22-15(11)16(18)19)10-7-8-12(20-5-2)13(9-10)21-6-3/h7-9H,4-6H2,1-3H3,(H,18,19). The van der Waals surface area contributed by atoms with Gasteiger partial charge in [-0.2, -0.15) is 0 Å². The second kappa shape index (κ2) is 6.98. The van der Waals surface area contributed by atoms with Crippen LogP contribution in [0.5, 0.6) is 11.5 Å². The number of hydrogen-bond donors (Lipinski definition) is 1. The normalized spacial score (nSPS) is 10.5. The number of aromatic nitrogens is 1. The SMILES string of the molecule is CCOc1ccc(-c2noc(C(=O)O)c2CC)cc1OCC. The lowest BCUT2D eigenvalue weighted by molar-refractivity contribution is 0.0650. The zero-order chi connectivity index (χ0) is 16.1. The summed E-state index contributed by atoms with van der Waals surface area (Å²) < 4.78 is 16.1. The predicted molar refractivity (Wildman–Crippen MR) is 80.6 cm³/mol. The number of benzene rings is 1. The molecule has 0 amide bonds. The molecule has 0 radical (unpaired) electrons. The zero-order valence-electron chi connectivity index (χ0n) is 12.9. The highest BCUT2D eigenvalue weighted by molar-refractivity contribution is 5.88. The van der Waals surface area contributed by atoms with Crippen molar-refractivity contribution in [2.75, 3.05) is 13.2 Å². The van der Waals surface area contributed by atoms with Crippen molar-refractivity contribution >= 4 is 5.97 Å². The van der Waals surface area contributed by atoms with Gasteiger partial charge in [0.2, 0.25) is 5.76 Å². The van der Waals surface area contributed by atoms with E-state index in [9.17, 15) is 4.79 Å². The Hall–Kier alpha value is -2.50. The summed E-state index contributed by atoms with van der Waals surface area (Å²) in [6.07, 6.45) is 0.512. The smallest absolute Gasteiger partial charge is 0.375 e. The summed E-state index contributed by atoms with van der Waals surface area (Å²) in [6.45, 7) is 6.69. The van der Waals surface area contributed by atoms with E-state index in [0.29, 0.717) is 42.4 Å². The minimum Gasteiger partial charge on any atom is -0.490 e. The van der Waals surface area contributed by atoms with Gasteiger partial charge in [0.25, 0.3) is 0 Å². The van der Waals surface area contributed by atoms with Gasteiger partial charge in [-0.15, -0.1) is 0 Å². The molecule has 2 rings (SSSR count). The highest BCUT2D eigenvalue weighted by atomic mass is 16.5. The van der Waals surface area contributed by atoms with E-state index in [0.717, 1.165) is 5.56 Å². The molecule has 118 valence electrons. The number of carboxylic acids is 1. The average Bonchev–Trinajstić information content (AvgIpc) is 2.93. The quantitative estimate of drug-likeness (QED) is 0.844. The number of nitrogens with zero attached hydrogens (tertiary/aromatic N) is 1. The maximum Gasteiger partial charge on any atom is 0.375 e. The highest BCUT2D eigenvalue weighted by Gasteiger charge is 2.22. The molecule has 0 aliphatic heterocycles. The van der Waals surface area contributed by atoms with Crippen LogP contribution in [0.3, 0.4) is 0 Å². The summed E-state index contributed by atoms with van der Waals surface area (Å²) in [7, 11) is 0. The van der Waals surface area contributed by atoms with Gasteiger partial charge in [-0.05, 0) is 38.5 Å². The fraction of sp³-hybridized carbons (Fsp3) is 0.375. The van der Waals surface area contributed by atoms with Crippen LogP contribution < -0.4 is 9.47 Å². The predicted octanol–water partition coefficient (Wildman–Crippen LogP) is 3.40. The van der Waals surface area contributed by atoms with Crippen LogP contribution in [0.4, 0.5) is 0 Å². The maximum absolute atomic E-state index is 11.2. The van der Waals surface area contributed by atoms with Crippen LogP contribution in [0.2, 0.25) is 0 Å². The third-order valence-electron chi connectivity index (χ3n) is 3.15. The minimum atomic E-state index is -1.12. The largest absolute Gasteiger partial charge is 0.490 e. The van der Waals surface area contributed by atoms with Crippen molar-refractivity contribution in [1.29, 1.82) is 0 Å². The van der Waals surface area contributed by atoms with Gasteiger partial charge in [-0.1, -0.05) is 12.1 Å². The van der Waals surface area contributed by atoms with Gasteiger partial charge in [0.15, 0.2) is 11.5 Å². The fourth-order valence-electron chi connectivity index (χ4n) is 2.23. The molecule has 0 aliphatic carbocycles. The lowest BCUT2D eigenvalue weighted by Crippen LogP contribution is -2.00. The van der Waals surface area contributed by atoms with Gasteiger partial charge in [0.05, 0.1) is 13.2 Å². The van der Waals surface area contributed by atoms with Crippen LogP contribution in [0, 0.1) is 0 Å². The number of ether oxygens (including phenoxy) is 2. The third kappa shape index (κ3) is 3.05. The molecule has 0 aliphatic rings. The molecule has 22 heavy (non-hydrogen) atoms. The summed E-state index contributed by atoms with van der Waals surface area (Å²) in [5.74, 6) is 0.00722. The Kier molecular flexibility index (Phi) is 5.04. The van der Waals surface area contributed by atoms with E-state index in [2.05, 4.69) is 5.16 Å². The molecule has 0 saturated heterocycles. The van der Waals surface area contributed by atoms with Crippen LogP contribution >= 0.6 is 0 Å². The van der Waals surface area contributed by atoms with Crippen LogP contribution in [0.15, 0.2) is 22.7 Å².